The second-order valence-corrected chi connectivity index (χ2v) is 3.35. The minimum atomic E-state index is 0.124. The summed E-state index contributed by atoms with van der Waals surface area (Å²) in [5, 5.41) is 2.97. The maximum atomic E-state index is 5.47. The molecule has 1 aromatic heterocycles. The van der Waals surface area contributed by atoms with Crippen LogP contribution in [0.4, 0.5) is 11.9 Å². The SMILES string of the molecule is COc1nc(N)nc(NCCOC(C)C)n1. The summed E-state index contributed by atoms with van der Waals surface area (Å²) < 4.78 is 10.2. The van der Waals surface area contributed by atoms with Crippen molar-refractivity contribution in [2.24, 2.45) is 0 Å². The molecule has 0 aliphatic carbocycles. The molecule has 0 aliphatic heterocycles. The van der Waals surface area contributed by atoms with E-state index in [4.69, 9.17) is 15.2 Å². The quantitative estimate of drug-likeness (QED) is 0.675. The van der Waals surface area contributed by atoms with Crippen LogP contribution in [0, 0.1) is 0 Å². The van der Waals surface area contributed by atoms with Gasteiger partial charge in [-0.05, 0) is 13.8 Å². The summed E-state index contributed by atoms with van der Waals surface area (Å²) in [4.78, 5) is 11.7. The van der Waals surface area contributed by atoms with E-state index in [1.54, 1.807) is 0 Å². The van der Waals surface area contributed by atoms with Gasteiger partial charge in [0.2, 0.25) is 11.9 Å². The fourth-order valence-corrected chi connectivity index (χ4v) is 1.000. The fourth-order valence-electron chi connectivity index (χ4n) is 1.000. The molecule has 1 aromatic rings. The average Bonchev–Trinajstić information content (AvgIpc) is 2.23. The average molecular weight is 227 g/mol. The van der Waals surface area contributed by atoms with Crippen molar-refractivity contribution in [2.75, 3.05) is 31.3 Å². The number of nitrogens with zero attached hydrogens (tertiary/aromatic N) is 3. The number of aromatic nitrogens is 3. The van der Waals surface area contributed by atoms with E-state index in [9.17, 15) is 0 Å². The molecule has 0 bridgehead atoms. The Morgan fingerprint density at radius 3 is 2.69 bits per heavy atom. The number of nitrogen functional groups attached to an aromatic ring is 1. The van der Waals surface area contributed by atoms with Crippen LogP contribution >= 0.6 is 0 Å². The summed E-state index contributed by atoms with van der Waals surface area (Å²) in [5.41, 5.74) is 5.47. The monoisotopic (exact) mass is 227 g/mol. The van der Waals surface area contributed by atoms with Crippen LogP contribution in [0.25, 0.3) is 0 Å². The summed E-state index contributed by atoms with van der Waals surface area (Å²) >= 11 is 0. The van der Waals surface area contributed by atoms with E-state index in [-0.39, 0.29) is 18.1 Å². The minimum Gasteiger partial charge on any atom is -0.467 e. The number of ether oxygens (including phenoxy) is 2. The largest absolute Gasteiger partial charge is 0.467 e. The fraction of sp³-hybridized carbons (Fsp3) is 0.667. The highest BCUT2D eigenvalue weighted by atomic mass is 16.5. The van der Waals surface area contributed by atoms with Gasteiger partial charge < -0.3 is 20.5 Å². The molecule has 0 saturated carbocycles. The first-order valence-electron chi connectivity index (χ1n) is 5.03. The van der Waals surface area contributed by atoms with E-state index >= 15 is 0 Å². The Labute approximate surface area is 94.4 Å². The molecule has 16 heavy (non-hydrogen) atoms. The Hall–Kier alpha value is -1.63. The third-order valence-corrected chi connectivity index (χ3v) is 1.65. The van der Waals surface area contributed by atoms with Crippen LogP contribution in [-0.2, 0) is 4.74 Å². The Kier molecular flexibility index (Phi) is 4.71. The number of nitrogens with two attached hydrogens (primary N) is 1. The number of hydrogen-bond acceptors (Lipinski definition) is 7. The Bertz CT molecular complexity index is 332. The number of nitrogens with one attached hydrogen (secondary N) is 1. The molecule has 0 aliphatic rings. The highest BCUT2D eigenvalue weighted by Crippen LogP contribution is 2.07. The van der Waals surface area contributed by atoms with Crippen molar-refractivity contribution >= 4 is 11.9 Å². The van der Waals surface area contributed by atoms with Crippen molar-refractivity contribution in [3.05, 3.63) is 0 Å². The molecule has 7 nitrogen and oxygen atoms in total. The predicted molar refractivity (Wildman–Crippen MR) is 60.4 cm³/mol. The van der Waals surface area contributed by atoms with Crippen molar-refractivity contribution in [1.82, 2.24) is 15.0 Å². The molecule has 1 heterocycles. The van der Waals surface area contributed by atoms with Gasteiger partial charge >= 0.3 is 6.01 Å². The maximum Gasteiger partial charge on any atom is 0.322 e. The third kappa shape index (κ3) is 4.26. The summed E-state index contributed by atoms with van der Waals surface area (Å²) in [6.07, 6.45) is 0.208. The van der Waals surface area contributed by atoms with E-state index in [0.717, 1.165) is 0 Å². The van der Waals surface area contributed by atoms with E-state index in [1.807, 2.05) is 13.8 Å². The van der Waals surface area contributed by atoms with Gasteiger partial charge in [-0.2, -0.15) is 15.0 Å². The Morgan fingerprint density at radius 1 is 1.31 bits per heavy atom. The van der Waals surface area contributed by atoms with Crippen LogP contribution in [0.15, 0.2) is 0 Å². The lowest BCUT2D eigenvalue weighted by molar-refractivity contribution is 0.0869. The van der Waals surface area contributed by atoms with Crippen LogP contribution in [0.1, 0.15) is 13.8 Å². The van der Waals surface area contributed by atoms with Gasteiger partial charge in [0.05, 0.1) is 19.8 Å². The van der Waals surface area contributed by atoms with Gasteiger partial charge in [-0.25, -0.2) is 0 Å². The number of rotatable bonds is 6. The highest BCUT2D eigenvalue weighted by molar-refractivity contribution is 5.32. The standard InChI is InChI=1S/C9H17N5O2/c1-6(2)16-5-4-11-8-12-7(10)13-9(14-8)15-3/h6H,4-5H2,1-3H3,(H3,10,11,12,13,14). The first kappa shape index (κ1) is 12.4. The topological polar surface area (TPSA) is 95.2 Å². The molecule has 7 heteroatoms. The lowest BCUT2D eigenvalue weighted by Crippen LogP contribution is -2.15. The Morgan fingerprint density at radius 2 is 2.06 bits per heavy atom. The van der Waals surface area contributed by atoms with E-state index < -0.39 is 0 Å². The zero-order valence-corrected chi connectivity index (χ0v) is 9.73. The molecule has 0 radical (unpaired) electrons. The second kappa shape index (κ2) is 6.06. The zero-order valence-electron chi connectivity index (χ0n) is 9.73. The van der Waals surface area contributed by atoms with Crippen LogP contribution in [0.2, 0.25) is 0 Å². The van der Waals surface area contributed by atoms with E-state index in [0.29, 0.717) is 19.1 Å². The number of anilines is 2. The van der Waals surface area contributed by atoms with Crippen LogP contribution in [0.5, 0.6) is 6.01 Å². The van der Waals surface area contributed by atoms with Gasteiger partial charge in [0.1, 0.15) is 0 Å². The molecule has 0 aromatic carbocycles. The molecule has 0 fully saturated rings. The van der Waals surface area contributed by atoms with Gasteiger partial charge in [0.15, 0.2) is 0 Å². The molecule has 0 unspecified atom stereocenters. The van der Waals surface area contributed by atoms with Crippen molar-refractivity contribution in [3.63, 3.8) is 0 Å². The van der Waals surface area contributed by atoms with Crippen LogP contribution in [0.3, 0.4) is 0 Å². The van der Waals surface area contributed by atoms with Gasteiger partial charge in [0, 0.05) is 6.54 Å². The molecule has 0 amide bonds. The molecular weight excluding hydrogens is 210 g/mol. The van der Waals surface area contributed by atoms with Gasteiger partial charge in [-0.3, -0.25) is 0 Å². The summed E-state index contributed by atoms with van der Waals surface area (Å²) in [6.45, 7) is 5.13. The van der Waals surface area contributed by atoms with Crippen molar-refractivity contribution < 1.29 is 9.47 Å². The predicted octanol–water partition coefficient (Wildman–Crippen LogP) is 0.299. The molecule has 0 saturated heterocycles. The molecular formula is C9H17N5O2. The molecule has 0 atom stereocenters. The maximum absolute atomic E-state index is 5.47. The number of methoxy groups -OCH3 is 1. The summed E-state index contributed by atoms with van der Waals surface area (Å²) in [5.74, 6) is 0.510. The third-order valence-electron chi connectivity index (χ3n) is 1.65. The van der Waals surface area contributed by atoms with Crippen molar-refractivity contribution in [2.45, 2.75) is 20.0 Å². The lowest BCUT2D eigenvalue weighted by Gasteiger charge is -2.09. The molecule has 3 N–H and O–H groups in total. The summed E-state index contributed by atoms with van der Waals surface area (Å²) in [6, 6.07) is 0.194. The lowest BCUT2D eigenvalue weighted by atomic mass is 10.5. The molecule has 90 valence electrons. The van der Waals surface area contributed by atoms with Crippen molar-refractivity contribution in [1.29, 1.82) is 0 Å². The molecule has 1 rings (SSSR count). The van der Waals surface area contributed by atoms with E-state index in [2.05, 4.69) is 20.3 Å². The van der Waals surface area contributed by atoms with Crippen LogP contribution in [-0.4, -0.2) is 41.3 Å². The number of hydrogen-bond donors (Lipinski definition) is 2. The van der Waals surface area contributed by atoms with E-state index in [1.165, 1.54) is 7.11 Å². The normalized spacial score (nSPS) is 10.5. The summed E-state index contributed by atoms with van der Waals surface area (Å²) in [7, 11) is 1.47. The van der Waals surface area contributed by atoms with Gasteiger partial charge in [-0.1, -0.05) is 0 Å². The van der Waals surface area contributed by atoms with Gasteiger partial charge in [0.25, 0.3) is 0 Å². The first-order valence-corrected chi connectivity index (χ1v) is 5.03. The molecule has 0 spiro atoms. The highest BCUT2D eigenvalue weighted by Gasteiger charge is 2.03. The van der Waals surface area contributed by atoms with Crippen LogP contribution < -0.4 is 15.8 Å². The smallest absolute Gasteiger partial charge is 0.322 e. The first-order chi connectivity index (χ1) is 7.61. The zero-order chi connectivity index (χ0) is 12.0. The minimum absolute atomic E-state index is 0.124. The van der Waals surface area contributed by atoms with Gasteiger partial charge in [-0.15, -0.1) is 0 Å². The second-order valence-electron chi connectivity index (χ2n) is 3.35. The Balaban J connectivity index is 2.44. The van der Waals surface area contributed by atoms with Crippen molar-refractivity contribution in [3.8, 4) is 6.01 Å².